The number of aromatic nitrogens is 2. The van der Waals surface area contributed by atoms with Gasteiger partial charge in [0.25, 0.3) is 23.6 Å². The van der Waals surface area contributed by atoms with Crippen LogP contribution in [0.5, 0.6) is 0 Å². The van der Waals surface area contributed by atoms with Gasteiger partial charge in [-0.1, -0.05) is 78.1 Å². The molecule has 0 spiro atoms. The van der Waals surface area contributed by atoms with Gasteiger partial charge in [-0.25, -0.2) is 19.6 Å². The van der Waals surface area contributed by atoms with E-state index in [1.165, 1.54) is 12.1 Å². The maximum Gasteiger partial charge on any atom is 0.358 e. The van der Waals surface area contributed by atoms with Gasteiger partial charge in [0.1, 0.15) is 5.69 Å². The van der Waals surface area contributed by atoms with Gasteiger partial charge in [-0.3, -0.25) is 29.0 Å². The molecule has 0 aliphatic carbocycles. The minimum Gasteiger partial charge on any atom is -0.461 e. The van der Waals surface area contributed by atoms with Crippen LogP contribution in [-0.2, 0) is 22.6 Å². The molecule has 0 bridgehead atoms. The van der Waals surface area contributed by atoms with Crippen molar-refractivity contribution in [2.45, 2.75) is 34.4 Å². The molecule has 16 heteroatoms. The van der Waals surface area contributed by atoms with Crippen molar-refractivity contribution in [3.63, 3.8) is 0 Å². The lowest BCUT2D eigenvalue weighted by Crippen LogP contribution is -2.30. The van der Waals surface area contributed by atoms with E-state index in [4.69, 9.17) is 55.9 Å². The molecule has 0 unspecified atom stereocenters. The summed E-state index contributed by atoms with van der Waals surface area (Å²) in [5.41, 5.74) is 1.51. The molecule has 4 amide bonds. The van der Waals surface area contributed by atoms with E-state index in [1.807, 2.05) is 0 Å². The third-order valence-electron chi connectivity index (χ3n) is 7.29. The van der Waals surface area contributed by atoms with E-state index in [1.54, 1.807) is 62.4 Å². The van der Waals surface area contributed by atoms with Gasteiger partial charge in [-0.05, 0) is 50.2 Å². The van der Waals surface area contributed by atoms with Crippen LogP contribution in [0, 0.1) is 0 Å². The average Bonchev–Trinajstić information content (AvgIpc) is 3.49. The van der Waals surface area contributed by atoms with Crippen LogP contribution in [0.4, 0.5) is 0 Å². The number of carbonyl (C=O) groups excluding carboxylic acids is 6. The molecule has 0 fully saturated rings. The van der Waals surface area contributed by atoms with Gasteiger partial charge in [-0.15, -0.1) is 0 Å². The Hall–Kier alpha value is -4.88. The number of benzene rings is 2. The summed E-state index contributed by atoms with van der Waals surface area (Å²) in [7, 11) is 0. The number of amides is 4. The summed E-state index contributed by atoms with van der Waals surface area (Å²) in [6.07, 6.45) is 0. The zero-order chi connectivity index (χ0) is 36.3. The molecule has 4 heterocycles. The molecule has 12 nitrogen and oxygen atoms in total. The highest BCUT2D eigenvalue weighted by molar-refractivity contribution is 6.43. The third kappa shape index (κ3) is 7.89. The first kappa shape index (κ1) is 38.9. The first-order valence-electron chi connectivity index (χ1n) is 14.8. The molecule has 6 rings (SSSR count). The molecule has 2 aromatic carbocycles. The summed E-state index contributed by atoms with van der Waals surface area (Å²) in [6, 6.07) is 15.7. The van der Waals surface area contributed by atoms with E-state index in [2.05, 4.69) is 9.97 Å². The number of nitrogens with zero attached hydrogens (tertiary/aromatic N) is 4. The predicted octanol–water partition coefficient (Wildman–Crippen LogP) is 7.36. The second kappa shape index (κ2) is 16.4. The summed E-state index contributed by atoms with van der Waals surface area (Å²) < 4.78 is 9.78. The van der Waals surface area contributed by atoms with Crippen LogP contribution in [0.15, 0.2) is 60.7 Å². The zero-order valence-electron chi connectivity index (χ0n) is 26.2. The van der Waals surface area contributed by atoms with Crippen molar-refractivity contribution in [1.82, 2.24) is 19.8 Å². The van der Waals surface area contributed by atoms with Crippen molar-refractivity contribution in [3.05, 3.63) is 126 Å². The van der Waals surface area contributed by atoms with E-state index in [9.17, 15) is 28.8 Å². The summed E-state index contributed by atoms with van der Waals surface area (Å²) in [5, 5.41) is 0.218. The van der Waals surface area contributed by atoms with Gasteiger partial charge >= 0.3 is 11.9 Å². The van der Waals surface area contributed by atoms with Crippen molar-refractivity contribution in [2.24, 2.45) is 0 Å². The first-order chi connectivity index (χ1) is 23.9. The number of hydrogen-bond donors (Lipinski definition) is 0. The second-order valence-electron chi connectivity index (χ2n) is 10.4. The molecule has 0 saturated heterocycles. The number of esters is 2. The number of carbonyl (C=O) groups is 6. The lowest BCUT2D eigenvalue weighted by molar-refractivity contribution is 0.0509. The van der Waals surface area contributed by atoms with Crippen LogP contribution < -0.4 is 0 Å². The molecule has 2 aliphatic rings. The number of hydrogen-bond acceptors (Lipinski definition) is 10. The molecule has 4 aromatic rings. The molecule has 0 N–H and O–H groups in total. The van der Waals surface area contributed by atoms with Crippen molar-refractivity contribution in [3.8, 4) is 0 Å². The van der Waals surface area contributed by atoms with Gasteiger partial charge < -0.3 is 9.47 Å². The highest BCUT2D eigenvalue weighted by Gasteiger charge is 2.37. The topological polar surface area (TPSA) is 153 Å². The van der Waals surface area contributed by atoms with Crippen molar-refractivity contribution in [2.75, 3.05) is 13.2 Å². The van der Waals surface area contributed by atoms with E-state index in [-0.39, 0.29) is 76.6 Å². The van der Waals surface area contributed by atoms with E-state index >= 15 is 0 Å². The fourth-order valence-corrected chi connectivity index (χ4v) is 5.76. The average molecular weight is 774 g/mol. The minimum absolute atomic E-state index is 0. The molecule has 0 saturated carbocycles. The number of ether oxygens (including phenoxy) is 2. The number of rotatable bonds is 8. The van der Waals surface area contributed by atoms with Crippen molar-refractivity contribution in [1.29, 1.82) is 0 Å². The Morgan fingerprint density at radius 1 is 0.627 bits per heavy atom. The molecule has 0 radical (unpaired) electrons. The maximum atomic E-state index is 12.4. The Balaban J connectivity index is 0.000000224. The maximum absolute atomic E-state index is 12.4. The first-order valence-corrected chi connectivity index (χ1v) is 16.3. The third-order valence-corrected chi connectivity index (χ3v) is 8.88. The van der Waals surface area contributed by atoms with Crippen LogP contribution in [0.25, 0.3) is 0 Å². The largest absolute Gasteiger partial charge is 0.461 e. The summed E-state index contributed by atoms with van der Waals surface area (Å²) in [5.74, 6) is -3.13. The SMILES string of the molecule is C.CCOC(=O)c1cc(Cl)c(Cl)c(CN2C(=O)c3ccccc3C2=O)n1.CCOC(=O)c1nc(CN2C(=O)c3ccccc3C2=O)cc(Cl)c1Cl. The monoisotopic (exact) mass is 772 g/mol. The zero-order valence-corrected chi connectivity index (χ0v) is 29.2. The number of fused-ring (bicyclic) bond motifs is 2. The number of pyridine rings is 2. The Morgan fingerprint density at radius 2 is 1.06 bits per heavy atom. The van der Waals surface area contributed by atoms with Crippen LogP contribution >= 0.6 is 46.4 Å². The normalized spacial score (nSPS) is 12.9. The summed E-state index contributed by atoms with van der Waals surface area (Å²) in [4.78, 5) is 83.8. The Bertz CT molecular complexity index is 2020. The van der Waals surface area contributed by atoms with Gasteiger partial charge in [0.05, 0.1) is 80.0 Å². The van der Waals surface area contributed by atoms with Crippen LogP contribution in [-0.4, -0.2) is 68.5 Å². The molecule has 264 valence electrons. The Morgan fingerprint density at radius 3 is 1.53 bits per heavy atom. The van der Waals surface area contributed by atoms with Crippen LogP contribution in [0.2, 0.25) is 20.1 Å². The molecular formula is C35H28Cl4N4O8. The van der Waals surface area contributed by atoms with Gasteiger partial charge in [-0.2, -0.15) is 0 Å². The standard InChI is InChI=1S/2C17H12Cl2N2O4.CH4/c1-2-25-17(24)14-13(19)12(18)7-9(20-14)8-21-15(22)10-5-3-4-6-11(10)16(21)23;1-2-25-17(24)12-7-11(18)14(19)13(20-12)8-21-15(22)9-5-3-4-6-10(9)16(21)23;/h2*3-7H,2,8H2,1H3;1H4. The van der Waals surface area contributed by atoms with Crippen LogP contribution in [0.3, 0.4) is 0 Å². The van der Waals surface area contributed by atoms with Gasteiger partial charge in [0.2, 0.25) is 0 Å². The molecule has 2 aromatic heterocycles. The lowest BCUT2D eigenvalue weighted by Gasteiger charge is -2.15. The van der Waals surface area contributed by atoms with E-state index in [0.29, 0.717) is 22.3 Å². The van der Waals surface area contributed by atoms with Gasteiger partial charge in [0, 0.05) is 0 Å². The summed E-state index contributed by atoms with van der Waals surface area (Å²) in [6.45, 7) is 3.31. The predicted molar refractivity (Wildman–Crippen MR) is 188 cm³/mol. The Labute approximate surface area is 312 Å². The molecule has 2 aliphatic heterocycles. The quantitative estimate of drug-likeness (QED) is 0.131. The van der Waals surface area contributed by atoms with Crippen LogP contribution in [0.1, 0.15) is 95.1 Å². The molecule has 0 atom stereocenters. The van der Waals surface area contributed by atoms with E-state index in [0.717, 1.165) is 9.80 Å². The number of imide groups is 2. The summed E-state index contributed by atoms with van der Waals surface area (Å²) >= 11 is 24.2. The van der Waals surface area contributed by atoms with E-state index < -0.39 is 35.6 Å². The Kier molecular flexibility index (Phi) is 12.5. The molecule has 51 heavy (non-hydrogen) atoms. The molecular weight excluding hydrogens is 746 g/mol. The lowest BCUT2D eigenvalue weighted by atomic mass is 10.1. The highest BCUT2D eigenvalue weighted by atomic mass is 35.5. The highest BCUT2D eigenvalue weighted by Crippen LogP contribution is 2.31. The fraction of sp³-hybridized carbons (Fsp3) is 0.200. The van der Waals surface area contributed by atoms with Crippen molar-refractivity contribution < 1.29 is 38.2 Å². The smallest absolute Gasteiger partial charge is 0.358 e. The fourth-order valence-electron chi connectivity index (χ4n) is 5.00. The number of halogens is 4. The minimum atomic E-state index is -0.724. The van der Waals surface area contributed by atoms with Gasteiger partial charge in [0.15, 0.2) is 5.69 Å². The van der Waals surface area contributed by atoms with Crippen molar-refractivity contribution >= 4 is 82.0 Å². The second-order valence-corrected chi connectivity index (χ2v) is 12.0.